The number of nitrogens with zero attached hydrogens (tertiary/aromatic N) is 1. The number of aromatic nitrogens is 2. The monoisotopic (exact) mass is 293 g/mol. The molecule has 0 saturated carbocycles. The molecule has 1 aliphatic rings. The lowest BCUT2D eigenvalue weighted by Crippen LogP contribution is -2.32. The molecule has 1 aliphatic heterocycles. The summed E-state index contributed by atoms with van der Waals surface area (Å²) in [7, 11) is 1.66. The van der Waals surface area contributed by atoms with Crippen LogP contribution >= 0.6 is 11.8 Å². The highest BCUT2D eigenvalue weighted by Crippen LogP contribution is 2.25. The number of imidazole rings is 1. The van der Waals surface area contributed by atoms with E-state index in [-0.39, 0.29) is 6.04 Å². The molecule has 2 unspecified atom stereocenters. The SMILES string of the molecule is COc1ccc2nc(SCC(N)C3CCOC3)[nH]c2c1. The maximum atomic E-state index is 6.20. The van der Waals surface area contributed by atoms with Gasteiger partial charge in [0.1, 0.15) is 5.75 Å². The lowest BCUT2D eigenvalue weighted by Gasteiger charge is -2.15. The van der Waals surface area contributed by atoms with Crippen LogP contribution in [0.1, 0.15) is 6.42 Å². The summed E-state index contributed by atoms with van der Waals surface area (Å²) in [5.41, 5.74) is 8.14. The fourth-order valence-corrected chi connectivity index (χ4v) is 3.33. The lowest BCUT2D eigenvalue weighted by atomic mass is 10.0. The van der Waals surface area contributed by atoms with Crippen LogP contribution in [-0.4, -0.2) is 42.1 Å². The molecule has 0 radical (unpaired) electrons. The van der Waals surface area contributed by atoms with Crippen molar-refractivity contribution < 1.29 is 9.47 Å². The van der Waals surface area contributed by atoms with Crippen molar-refractivity contribution in [3.8, 4) is 5.75 Å². The zero-order valence-corrected chi connectivity index (χ0v) is 12.3. The molecule has 1 fully saturated rings. The zero-order valence-electron chi connectivity index (χ0n) is 11.5. The highest BCUT2D eigenvalue weighted by Gasteiger charge is 2.23. The summed E-state index contributed by atoms with van der Waals surface area (Å²) < 4.78 is 10.6. The van der Waals surface area contributed by atoms with Crippen molar-refractivity contribution in [3.05, 3.63) is 18.2 Å². The Kier molecular flexibility index (Phi) is 4.14. The number of ether oxygens (including phenoxy) is 2. The van der Waals surface area contributed by atoms with Crippen LogP contribution in [0.2, 0.25) is 0 Å². The molecule has 2 heterocycles. The molecular weight excluding hydrogens is 274 g/mol. The summed E-state index contributed by atoms with van der Waals surface area (Å²) in [6.07, 6.45) is 1.07. The third-order valence-electron chi connectivity index (χ3n) is 3.65. The van der Waals surface area contributed by atoms with Crippen molar-refractivity contribution in [2.45, 2.75) is 17.6 Å². The van der Waals surface area contributed by atoms with Crippen LogP contribution < -0.4 is 10.5 Å². The van der Waals surface area contributed by atoms with E-state index in [9.17, 15) is 0 Å². The Bertz CT molecular complexity index is 581. The first-order chi connectivity index (χ1) is 9.76. The van der Waals surface area contributed by atoms with Crippen LogP contribution in [0.15, 0.2) is 23.4 Å². The number of thioether (sulfide) groups is 1. The van der Waals surface area contributed by atoms with E-state index in [4.69, 9.17) is 15.2 Å². The molecule has 20 heavy (non-hydrogen) atoms. The van der Waals surface area contributed by atoms with E-state index in [1.54, 1.807) is 18.9 Å². The highest BCUT2D eigenvalue weighted by atomic mass is 32.2. The fraction of sp³-hybridized carbons (Fsp3) is 0.500. The van der Waals surface area contributed by atoms with Gasteiger partial charge in [-0.15, -0.1) is 0 Å². The van der Waals surface area contributed by atoms with Crippen molar-refractivity contribution in [1.82, 2.24) is 9.97 Å². The number of H-pyrrole nitrogens is 1. The van der Waals surface area contributed by atoms with Gasteiger partial charge in [0, 0.05) is 30.4 Å². The first-order valence-corrected chi connectivity index (χ1v) is 7.74. The van der Waals surface area contributed by atoms with Crippen LogP contribution in [0.3, 0.4) is 0 Å². The molecule has 3 N–H and O–H groups in total. The first kappa shape index (κ1) is 13.7. The smallest absolute Gasteiger partial charge is 0.166 e. The quantitative estimate of drug-likeness (QED) is 0.825. The largest absolute Gasteiger partial charge is 0.497 e. The number of nitrogens with two attached hydrogens (primary N) is 1. The zero-order chi connectivity index (χ0) is 13.9. The van der Waals surface area contributed by atoms with Crippen molar-refractivity contribution in [1.29, 1.82) is 0 Å². The highest BCUT2D eigenvalue weighted by molar-refractivity contribution is 7.99. The Labute approximate surface area is 122 Å². The Balaban J connectivity index is 1.65. The number of hydrogen-bond acceptors (Lipinski definition) is 5. The minimum atomic E-state index is 0.158. The summed E-state index contributed by atoms with van der Waals surface area (Å²) in [4.78, 5) is 7.85. The van der Waals surface area contributed by atoms with Gasteiger partial charge in [0.25, 0.3) is 0 Å². The van der Waals surface area contributed by atoms with E-state index >= 15 is 0 Å². The third kappa shape index (κ3) is 2.92. The Morgan fingerprint density at radius 3 is 3.25 bits per heavy atom. The molecule has 1 saturated heterocycles. The van der Waals surface area contributed by atoms with Crippen LogP contribution in [-0.2, 0) is 4.74 Å². The first-order valence-electron chi connectivity index (χ1n) is 6.76. The van der Waals surface area contributed by atoms with Crippen LogP contribution in [0.4, 0.5) is 0 Å². The third-order valence-corrected chi connectivity index (χ3v) is 4.67. The van der Waals surface area contributed by atoms with E-state index in [0.717, 1.165) is 47.3 Å². The predicted octanol–water partition coefficient (Wildman–Crippen LogP) is 2.03. The lowest BCUT2D eigenvalue weighted by molar-refractivity contribution is 0.182. The maximum absolute atomic E-state index is 6.20. The summed E-state index contributed by atoms with van der Waals surface area (Å²) >= 11 is 1.67. The van der Waals surface area contributed by atoms with E-state index in [1.165, 1.54) is 0 Å². The molecule has 2 atom stereocenters. The van der Waals surface area contributed by atoms with Crippen molar-refractivity contribution in [2.24, 2.45) is 11.7 Å². The van der Waals surface area contributed by atoms with Gasteiger partial charge < -0.3 is 20.2 Å². The molecular formula is C14H19N3O2S. The van der Waals surface area contributed by atoms with Gasteiger partial charge in [-0.2, -0.15) is 0 Å². The molecule has 5 nitrogen and oxygen atoms in total. The standard InChI is InChI=1S/C14H19N3O2S/c1-18-10-2-3-12-13(6-10)17-14(16-12)20-8-11(15)9-4-5-19-7-9/h2-3,6,9,11H,4-5,7-8,15H2,1H3,(H,16,17). The number of fused-ring (bicyclic) bond motifs is 1. The van der Waals surface area contributed by atoms with Crippen LogP contribution in [0.5, 0.6) is 5.75 Å². The predicted molar refractivity (Wildman–Crippen MR) is 80.3 cm³/mol. The number of rotatable bonds is 5. The summed E-state index contributed by atoms with van der Waals surface area (Å²) in [5, 5.41) is 0.905. The second-order valence-electron chi connectivity index (χ2n) is 5.02. The van der Waals surface area contributed by atoms with Crippen molar-refractivity contribution >= 4 is 22.8 Å². The van der Waals surface area contributed by atoms with Gasteiger partial charge in [-0.25, -0.2) is 4.98 Å². The number of nitrogens with one attached hydrogen (secondary N) is 1. The van der Waals surface area contributed by atoms with E-state index in [2.05, 4.69) is 9.97 Å². The molecule has 2 aromatic rings. The van der Waals surface area contributed by atoms with Gasteiger partial charge in [-0.1, -0.05) is 11.8 Å². The number of methoxy groups -OCH3 is 1. The second-order valence-corrected chi connectivity index (χ2v) is 6.03. The van der Waals surface area contributed by atoms with Crippen molar-refractivity contribution in [2.75, 3.05) is 26.1 Å². The summed E-state index contributed by atoms with van der Waals surface area (Å²) in [6.45, 7) is 1.63. The number of benzene rings is 1. The van der Waals surface area contributed by atoms with Crippen LogP contribution in [0.25, 0.3) is 11.0 Å². The minimum Gasteiger partial charge on any atom is -0.497 e. The average molecular weight is 293 g/mol. The maximum Gasteiger partial charge on any atom is 0.166 e. The molecule has 1 aromatic carbocycles. The van der Waals surface area contributed by atoms with Crippen molar-refractivity contribution in [3.63, 3.8) is 0 Å². The molecule has 6 heteroatoms. The van der Waals surface area contributed by atoms with Crippen LogP contribution in [0, 0.1) is 5.92 Å². The Morgan fingerprint density at radius 2 is 2.50 bits per heavy atom. The number of hydrogen-bond donors (Lipinski definition) is 2. The average Bonchev–Trinajstić information content (AvgIpc) is 3.12. The van der Waals surface area contributed by atoms with E-state index < -0.39 is 0 Å². The second kappa shape index (κ2) is 6.03. The normalized spacial score (nSPS) is 20.4. The van der Waals surface area contributed by atoms with E-state index in [0.29, 0.717) is 5.92 Å². The van der Waals surface area contributed by atoms with E-state index in [1.807, 2.05) is 18.2 Å². The summed E-state index contributed by atoms with van der Waals surface area (Å²) in [6, 6.07) is 5.99. The van der Waals surface area contributed by atoms with Gasteiger partial charge >= 0.3 is 0 Å². The molecule has 1 aromatic heterocycles. The minimum absolute atomic E-state index is 0.158. The van der Waals surface area contributed by atoms with Gasteiger partial charge in [0.05, 0.1) is 24.8 Å². The molecule has 3 rings (SSSR count). The summed E-state index contributed by atoms with van der Waals surface area (Å²) in [5.74, 6) is 2.16. The number of aromatic amines is 1. The van der Waals surface area contributed by atoms with Gasteiger partial charge in [-0.05, 0) is 18.6 Å². The Hall–Kier alpha value is -1.24. The van der Waals surface area contributed by atoms with Gasteiger partial charge in [0.2, 0.25) is 0 Å². The molecule has 0 amide bonds. The fourth-order valence-electron chi connectivity index (χ4n) is 2.36. The topological polar surface area (TPSA) is 73.2 Å². The Morgan fingerprint density at radius 1 is 1.60 bits per heavy atom. The molecule has 108 valence electrons. The molecule has 0 aliphatic carbocycles. The van der Waals surface area contributed by atoms with Gasteiger partial charge in [-0.3, -0.25) is 0 Å². The molecule has 0 bridgehead atoms. The molecule has 0 spiro atoms. The van der Waals surface area contributed by atoms with Gasteiger partial charge in [0.15, 0.2) is 5.16 Å².